The van der Waals surface area contributed by atoms with Crippen molar-refractivity contribution >= 4 is 5.91 Å². The number of aromatic amines is 1. The molecule has 1 amide bonds. The number of rotatable bonds is 5. The third-order valence-corrected chi connectivity index (χ3v) is 4.84. The number of piperidine rings is 1. The lowest BCUT2D eigenvalue weighted by molar-refractivity contribution is 0.0706. The van der Waals surface area contributed by atoms with E-state index in [2.05, 4.69) is 20.2 Å². The lowest BCUT2D eigenvalue weighted by Gasteiger charge is -2.31. The Balaban J connectivity index is 1.38. The lowest BCUT2D eigenvalue weighted by atomic mass is 9.93. The van der Waals surface area contributed by atoms with Gasteiger partial charge < -0.3 is 14.4 Å². The fourth-order valence-corrected chi connectivity index (χ4v) is 3.30. The van der Waals surface area contributed by atoms with E-state index in [9.17, 15) is 4.79 Å². The standard InChI is InChI=1S/C20H21N5O3/c1-27-15-2-4-16(5-3-15)28-19-13-21-12-18(23-19)14-7-10-25(11-8-14)20(26)17-6-9-22-24-17/h2-6,9,12-14H,7-8,10-11H2,1H3,(H,22,24). The number of carbonyl (C=O) groups is 1. The van der Waals surface area contributed by atoms with Gasteiger partial charge in [0.05, 0.1) is 19.0 Å². The topological polar surface area (TPSA) is 93.2 Å². The Bertz CT molecular complexity index is 919. The van der Waals surface area contributed by atoms with Gasteiger partial charge in [0.2, 0.25) is 5.88 Å². The van der Waals surface area contributed by atoms with Crippen molar-refractivity contribution in [2.24, 2.45) is 0 Å². The molecule has 0 saturated carbocycles. The van der Waals surface area contributed by atoms with E-state index in [0.29, 0.717) is 30.4 Å². The number of nitrogens with zero attached hydrogens (tertiary/aromatic N) is 4. The first kappa shape index (κ1) is 18.0. The second-order valence-electron chi connectivity index (χ2n) is 6.60. The van der Waals surface area contributed by atoms with Crippen molar-refractivity contribution in [2.45, 2.75) is 18.8 Å². The number of ether oxygens (including phenoxy) is 2. The minimum atomic E-state index is -0.0152. The highest BCUT2D eigenvalue weighted by Crippen LogP contribution is 2.29. The van der Waals surface area contributed by atoms with Crippen LogP contribution in [0.3, 0.4) is 0 Å². The molecule has 0 spiro atoms. The Hall–Kier alpha value is -3.42. The zero-order valence-electron chi connectivity index (χ0n) is 15.5. The van der Waals surface area contributed by atoms with E-state index in [-0.39, 0.29) is 11.8 Å². The van der Waals surface area contributed by atoms with Crippen LogP contribution < -0.4 is 9.47 Å². The maximum Gasteiger partial charge on any atom is 0.271 e. The van der Waals surface area contributed by atoms with Crippen LogP contribution in [0.15, 0.2) is 48.9 Å². The van der Waals surface area contributed by atoms with Crippen LogP contribution in [0.1, 0.15) is 34.9 Å². The zero-order valence-corrected chi connectivity index (χ0v) is 15.5. The SMILES string of the molecule is COc1ccc(Oc2cncc(C3CCN(C(=O)c4ccn[nH]4)CC3)n2)cc1. The number of H-pyrrole nitrogens is 1. The van der Waals surface area contributed by atoms with Crippen molar-refractivity contribution in [1.29, 1.82) is 0 Å². The second-order valence-corrected chi connectivity index (χ2v) is 6.60. The average Bonchev–Trinajstić information content (AvgIpc) is 3.29. The summed E-state index contributed by atoms with van der Waals surface area (Å²) < 4.78 is 11.0. The molecule has 2 aromatic heterocycles. The largest absolute Gasteiger partial charge is 0.497 e. The van der Waals surface area contributed by atoms with E-state index < -0.39 is 0 Å². The molecule has 3 aromatic rings. The molecule has 1 aliphatic heterocycles. The van der Waals surface area contributed by atoms with Gasteiger partial charge in [-0.25, -0.2) is 4.98 Å². The molecule has 4 rings (SSSR count). The highest BCUT2D eigenvalue weighted by Gasteiger charge is 2.26. The van der Waals surface area contributed by atoms with Crippen molar-refractivity contribution < 1.29 is 14.3 Å². The Kier molecular flexibility index (Phi) is 5.18. The number of methoxy groups -OCH3 is 1. The predicted molar refractivity (Wildman–Crippen MR) is 102 cm³/mol. The normalized spacial score (nSPS) is 14.7. The van der Waals surface area contributed by atoms with Crippen molar-refractivity contribution in [3.63, 3.8) is 0 Å². The summed E-state index contributed by atoms with van der Waals surface area (Å²) in [5.41, 5.74) is 1.41. The number of likely N-dealkylation sites (tertiary alicyclic amines) is 1. The zero-order chi connectivity index (χ0) is 19.3. The van der Waals surface area contributed by atoms with E-state index in [1.807, 2.05) is 29.2 Å². The molecule has 0 aliphatic carbocycles. The molecule has 0 atom stereocenters. The summed E-state index contributed by atoms with van der Waals surface area (Å²) in [6, 6.07) is 9.01. The molecular formula is C20H21N5O3. The van der Waals surface area contributed by atoms with Crippen LogP contribution in [0.4, 0.5) is 0 Å². The molecular weight excluding hydrogens is 358 g/mol. The van der Waals surface area contributed by atoms with Crippen LogP contribution in [0.25, 0.3) is 0 Å². The molecule has 144 valence electrons. The van der Waals surface area contributed by atoms with Crippen molar-refractivity contribution in [3.05, 3.63) is 60.3 Å². The van der Waals surface area contributed by atoms with E-state index in [1.54, 1.807) is 31.8 Å². The van der Waals surface area contributed by atoms with E-state index in [4.69, 9.17) is 9.47 Å². The summed E-state index contributed by atoms with van der Waals surface area (Å²) in [7, 11) is 1.62. The predicted octanol–water partition coefficient (Wildman–Crippen LogP) is 3.02. The van der Waals surface area contributed by atoms with Gasteiger partial charge in [0.1, 0.15) is 17.2 Å². The first-order valence-corrected chi connectivity index (χ1v) is 9.15. The Labute approximate surface area is 162 Å². The lowest BCUT2D eigenvalue weighted by Crippen LogP contribution is -2.38. The van der Waals surface area contributed by atoms with Gasteiger partial charge in [0, 0.05) is 31.4 Å². The third-order valence-electron chi connectivity index (χ3n) is 4.84. The third kappa shape index (κ3) is 3.95. The van der Waals surface area contributed by atoms with Crippen LogP contribution in [0, 0.1) is 0 Å². The van der Waals surface area contributed by atoms with Crippen LogP contribution in [0.2, 0.25) is 0 Å². The number of benzene rings is 1. The molecule has 0 unspecified atom stereocenters. The molecule has 1 fully saturated rings. The minimum absolute atomic E-state index is 0.0152. The fourth-order valence-electron chi connectivity index (χ4n) is 3.30. The van der Waals surface area contributed by atoms with Crippen LogP contribution in [-0.2, 0) is 0 Å². The summed E-state index contributed by atoms with van der Waals surface area (Å²) >= 11 is 0. The van der Waals surface area contributed by atoms with Gasteiger partial charge in [0.25, 0.3) is 5.91 Å². The highest BCUT2D eigenvalue weighted by molar-refractivity contribution is 5.92. The minimum Gasteiger partial charge on any atom is -0.497 e. The van der Waals surface area contributed by atoms with E-state index in [1.165, 1.54) is 0 Å². The molecule has 0 bridgehead atoms. The van der Waals surface area contributed by atoms with Crippen LogP contribution in [0.5, 0.6) is 17.4 Å². The van der Waals surface area contributed by atoms with Crippen molar-refractivity contribution in [2.75, 3.05) is 20.2 Å². The molecule has 1 aliphatic rings. The quantitative estimate of drug-likeness (QED) is 0.732. The van der Waals surface area contributed by atoms with E-state index in [0.717, 1.165) is 24.3 Å². The van der Waals surface area contributed by atoms with Crippen LogP contribution in [-0.4, -0.2) is 51.2 Å². The first-order valence-electron chi connectivity index (χ1n) is 9.15. The smallest absolute Gasteiger partial charge is 0.271 e. The van der Waals surface area contributed by atoms with Gasteiger partial charge in [-0.1, -0.05) is 0 Å². The first-order chi connectivity index (χ1) is 13.7. The fraction of sp³-hybridized carbons (Fsp3) is 0.300. The molecule has 28 heavy (non-hydrogen) atoms. The van der Waals surface area contributed by atoms with Gasteiger partial charge in [-0.3, -0.25) is 14.9 Å². The van der Waals surface area contributed by atoms with Crippen molar-refractivity contribution in [1.82, 2.24) is 25.1 Å². The molecule has 1 aromatic carbocycles. The maximum atomic E-state index is 12.4. The van der Waals surface area contributed by atoms with Gasteiger partial charge >= 0.3 is 0 Å². The van der Waals surface area contributed by atoms with E-state index >= 15 is 0 Å². The Morgan fingerprint density at radius 2 is 1.86 bits per heavy atom. The maximum absolute atomic E-state index is 12.4. The summed E-state index contributed by atoms with van der Waals surface area (Å²) in [5, 5.41) is 6.57. The number of hydrogen-bond donors (Lipinski definition) is 1. The molecule has 1 N–H and O–H groups in total. The summed E-state index contributed by atoms with van der Waals surface area (Å²) in [4.78, 5) is 23.1. The van der Waals surface area contributed by atoms with Crippen molar-refractivity contribution in [3.8, 4) is 17.4 Å². The number of hydrogen-bond acceptors (Lipinski definition) is 6. The molecule has 8 nitrogen and oxygen atoms in total. The number of amides is 1. The molecule has 0 radical (unpaired) electrons. The molecule has 3 heterocycles. The van der Waals surface area contributed by atoms with Gasteiger partial charge in [-0.15, -0.1) is 0 Å². The number of aromatic nitrogens is 4. The molecule has 8 heteroatoms. The van der Waals surface area contributed by atoms with Gasteiger partial charge in [0.15, 0.2) is 0 Å². The summed E-state index contributed by atoms with van der Waals surface area (Å²) in [6.45, 7) is 1.35. The molecule has 1 saturated heterocycles. The highest BCUT2D eigenvalue weighted by atomic mass is 16.5. The monoisotopic (exact) mass is 379 g/mol. The summed E-state index contributed by atoms with van der Waals surface area (Å²) in [5.74, 6) is 2.13. The second kappa shape index (κ2) is 8.08. The van der Waals surface area contributed by atoms with Gasteiger partial charge in [-0.05, 0) is 43.2 Å². The Morgan fingerprint density at radius 3 is 2.54 bits per heavy atom. The number of nitrogens with one attached hydrogen (secondary N) is 1. The Morgan fingerprint density at radius 1 is 1.11 bits per heavy atom. The van der Waals surface area contributed by atoms with Crippen LogP contribution >= 0.6 is 0 Å². The van der Waals surface area contributed by atoms with Gasteiger partial charge in [-0.2, -0.15) is 5.10 Å². The summed E-state index contributed by atoms with van der Waals surface area (Å²) in [6.07, 6.45) is 6.63. The number of carbonyl (C=O) groups excluding carboxylic acids is 1. The average molecular weight is 379 g/mol.